The van der Waals surface area contributed by atoms with Crippen LogP contribution in [0.15, 0.2) is 59.2 Å². The smallest absolute Gasteiger partial charge is 0.0551 e. The Bertz CT molecular complexity index is 659. The maximum absolute atomic E-state index is 3.59. The number of H-pyrrole nitrogens is 1. The third-order valence-corrected chi connectivity index (χ3v) is 3.69. The molecule has 1 aromatic heterocycles. The number of fused-ring (bicyclic) bond motifs is 1. The third-order valence-electron chi connectivity index (χ3n) is 3.00. The highest BCUT2D eigenvalue weighted by Gasteiger charge is 2.03. The van der Waals surface area contributed by atoms with Gasteiger partial charge in [0.1, 0.15) is 0 Å². The predicted molar refractivity (Wildman–Crippen MR) is 79.8 cm³/mol. The van der Waals surface area contributed by atoms with E-state index < -0.39 is 0 Å². The molecule has 0 unspecified atom stereocenters. The van der Waals surface area contributed by atoms with Crippen LogP contribution in [0.3, 0.4) is 0 Å². The van der Waals surface area contributed by atoms with Gasteiger partial charge in [-0.2, -0.15) is 0 Å². The highest BCUT2D eigenvalue weighted by atomic mass is 79.9. The van der Waals surface area contributed by atoms with Crippen molar-refractivity contribution in [2.24, 2.45) is 0 Å². The molecule has 2 N–H and O–H groups in total. The predicted octanol–water partition coefficient (Wildman–Crippen LogP) is 4.54. The monoisotopic (exact) mass is 300 g/mol. The Hall–Kier alpha value is -1.74. The Kier molecular flexibility index (Phi) is 3.07. The van der Waals surface area contributed by atoms with Crippen LogP contribution >= 0.6 is 15.9 Å². The second-order valence-corrected chi connectivity index (χ2v) is 5.04. The molecule has 0 aliphatic carbocycles. The second kappa shape index (κ2) is 4.86. The van der Waals surface area contributed by atoms with Gasteiger partial charge in [0, 0.05) is 27.4 Å². The van der Waals surface area contributed by atoms with Crippen LogP contribution < -0.4 is 5.32 Å². The van der Waals surface area contributed by atoms with E-state index >= 15 is 0 Å². The topological polar surface area (TPSA) is 27.8 Å². The summed E-state index contributed by atoms with van der Waals surface area (Å²) in [7, 11) is 0. The molecular weight excluding hydrogens is 288 g/mol. The van der Waals surface area contributed by atoms with Gasteiger partial charge in [-0.1, -0.05) is 40.2 Å². The standard InChI is InChI=1S/C15H13BrN2/c16-14-7-8-15(13-6-2-1-5-12(13)14)18-10-11-4-3-9-17-11/h1-9,17-18H,10H2. The number of rotatable bonds is 3. The SMILES string of the molecule is Brc1ccc(NCc2ccc[nH]2)c2ccccc12. The van der Waals surface area contributed by atoms with E-state index in [9.17, 15) is 0 Å². The minimum atomic E-state index is 0.804. The number of anilines is 1. The minimum Gasteiger partial charge on any atom is -0.379 e. The van der Waals surface area contributed by atoms with Crippen LogP contribution in [0.5, 0.6) is 0 Å². The van der Waals surface area contributed by atoms with Crippen LogP contribution in [0.25, 0.3) is 10.8 Å². The van der Waals surface area contributed by atoms with Crippen molar-refractivity contribution in [1.29, 1.82) is 0 Å². The number of hydrogen-bond acceptors (Lipinski definition) is 1. The maximum Gasteiger partial charge on any atom is 0.0551 e. The lowest BCUT2D eigenvalue weighted by Gasteiger charge is -2.10. The first-order valence-electron chi connectivity index (χ1n) is 5.88. The molecule has 0 fully saturated rings. The Labute approximate surface area is 114 Å². The second-order valence-electron chi connectivity index (χ2n) is 4.19. The van der Waals surface area contributed by atoms with E-state index in [0.717, 1.165) is 16.7 Å². The quantitative estimate of drug-likeness (QED) is 0.730. The minimum absolute atomic E-state index is 0.804. The first-order chi connectivity index (χ1) is 8.84. The lowest BCUT2D eigenvalue weighted by molar-refractivity contribution is 1.08. The molecule has 0 aliphatic rings. The van der Waals surface area contributed by atoms with Crippen molar-refractivity contribution in [3.8, 4) is 0 Å². The molecule has 0 atom stereocenters. The summed E-state index contributed by atoms with van der Waals surface area (Å²) in [6, 6.07) is 16.7. The van der Waals surface area contributed by atoms with Gasteiger partial charge in [0.15, 0.2) is 0 Å². The fourth-order valence-corrected chi connectivity index (χ4v) is 2.56. The van der Waals surface area contributed by atoms with Crippen LogP contribution in [0.4, 0.5) is 5.69 Å². The maximum atomic E-state index is 3.59. The zero-order valence-corrected chi connectivity index (χ0v) is 11.4. The van der Waals surface area contributed by atoms with Crippen molar-refractivity contribution in [1.82, 2.24) is 4.98 Å². The van der Waals surface area contributed by atoms with Crippen LogP contribution in [0, 0.1) is 0 Å². The summed E-state index contributed by atoms with van der Waals surface area (Å²) in [5.41, 5.74) is 2.34. The molecule has 1 heterocycles. The largest absolute Gasteiger partial charge is 0.379 e. The molecule has 3 rings (SSSR count). The molecule has 90 valence electrons. The van der Waals surface area contributed by atoms with Crippen LogP contribution in [0.2, 0.25) is 0 Å². The van der Waals surface area contributed by atoms with Gasteiger partial charge < -0.3 is 10.3 Å². The Morgan fingerprint density at radius 2 is 1.78 bits per heavy atom. The Balaban J connectivity index is 1.94. The van der Waals surface area contributed by atoms with E-state index in [1.807, 2.05) is 12.3 Å². The lowest BCUT2D eigenvalue weighted by atomic mass is 10.1. The molecule has 0 bridgehead atoms. The van der Waals surface area contributed by atoms with Gasteiger partial charge in [-0.15, -0.1) is 0 Å². The molecule has 2 nitrogen and oxygen atoms in total. The van der Waals surface area contributed by atoms with E-state index in [-0.39, 0.29) is 0 Å². The average molecular weight is 301 g/mol. The zero-order valence-electron chi connectivity index (χ0n) is 9.78. The fraction of sp³-hybridized carbons (Fsp3) is 0.0667. The summed E-state index contributed by atoms with van der Waals surface area (Å²) in [6.45, 7) is 0.804. The van der Waals surface area contributed by atoms with Crippen molar-refractivity contribution < 1.29 is 0 Å². The van der Waals surface area contributed by atoms with E-state index in [0.29, 0.717) is 0 Å². The van der Waals surface area contributed by atoms with Gasteiger partial charge in [0.2, 0.25) is 0 Å². The zero-order chi connectivity index (χ0) is 12.4. The van der Waals surface area contributed by atoms with Crippen molar-refractivity contribution in [3.05, 3.63) is 64.9 Å². The van der Waals surface area contributed by atoms with Crippen molar-refractivity contribution in [2.75, 3.05) is 5.32 Å². The molecule has 18 heavy (non-hydrogen) atoms. The highest BCUT2D eigenvalue weighted by molar-refractivity contribution is 9.10. The molecule has 0 saturated carbocycles. The summed E-state index contributed by atoms with van der Waals surface area (Å²) in [5, 5.41) is 5.93. The van der Waals surface area contributed by atoms with Crippen molar-refractivity contribution >= 4 is 32.4 Å². The van der Waals surface area contributed by atoms with Gasteiger partial charge in [0.05, 0.1) is 6.54 Å². The highest BCUT2D eigenvalue weighted by Crippen LogP contribution is 2.30. The van der Waals surface area contributed by atoms with Crippen molar-refractivity contribution in [3.63, 3.8) is 0 Å². The van der Waals surface area contributed by atoms with Crippen LogP contribution in [-0.4, -0.2) is 4.98 Å². The summed E-state index contributed by atoms with van der Waals surface area (Å²) in [6.07, 6.45) is 1.94. The molecule has 0 spiro atoms. The Morgan fingerprint density at radius 1 is 0.944 bits per heavy atom. The molecule has 0 saturated heterocycles. The molecule has 3 heteroatoms. The van der Waals surface area contributed by atoms with Gasteiger partial charge in [-0.25, -0.2) is 0 Å². The average Bonchev–Trinajstić information content (AvgIpc) is 2.92. The molecule has 2 aromatic carbocycles. The number of hydrogen-bond donors (Lipinski definition) is 2. The number of aromatic amines is 1. The first kappa shape index (κ1) is 11.4. The number of aromatic nitrogens is 1. The third kappa shape index (κ3) is 2.14. The molecule has 0 radical (unpaired) electrons. The van der Waals surface area contributed by atoms with E-state index in [2.05, 4.69) is 68.7 Å². The summed E-state index contributed by atoms with van der Waals surface area (Å²) >= 11 is 3.59. The van der Waals surface area contributed by atoms with E-state index in [1.165, 1.54) is 16.5 Å². The van der Waals surface area contributed by atoms with E-state index in [4.69, 9.17) is 0 Å². The molecule has 0 amide bonds. The van der Waals surface area contributed by atoms with Crippen LogP contribution in [0.1, 0.15) is 5.69 Å². The van der Waals surface area contributed by atoms with Gasteiger partial charge in [-0.05, 0) is 29.7 Å². The number of nitrogens with one attached hydrogen (secondary N) is 2. The Morgan fingerprint density at radius 3 is 2.56 bits per heavy atom. The summed E-state index contributed by atoms with van der Waals surface area (Å²) in [5.74, 6) is 0. The van der Waals surface area contributed by atoms with Gasteiger partial charge in [0.25, 0.3) is 0 Å². The lowest BCUT2D eigenvalue weighted by Crippen LogP contribution is -2.00. The van der Waals surface area contributed by atoms with Gasteiger partial charge in [-0.3, -0.25) is 0 Å². The summed E-state index contributed by atoms with van der Waals surface area (Å²) < 4.78 is 1.13. The fourth-order valence-electron chi connectivity index (χ4n) is 2.08. The van der Waals surface area contributed by atoms with Crippen molar-refractivity contribution in [2.45, 2.75) is 6.54 Å². The van der Waals surface area contributed by atoms with Gasteiger partial charge >= 0.3 is 0 Å². The number of benzene rings is 2. The molecule has 0 aliphatic heterocycles. The van der Waals surface area contributed by atoms with E-state index in [1.54, 1.807) is 0 Å². The normalized spacial score (nSPS) is 10.7. The number of halogens is 1. The molecular formula is C15H13BrN2. The molecule has 3 aromatic rings. The first-order valence-corrected chi connectivity index (χ1v) is 6.67. The van der Waals surface area contributed by atoms with Crippen LogP contribution in [-0.2, 0) is 6.54 Å². The summed E-state index contributed by atoms with van der Waals surface area (Å²) in [4.78, 5) is 3.20.